The van der Waals surface area contributed by atoms with Gasteiger partial charge in [0.15, 0.2) is 0 Å². The van der Waals surface area contributed by atoms with Crippen LogP contribution in [0.3, 0.4) is 0 Å². The second-order valence-corrected chi connectivity index (χ2v) is 9.47. The SMILES string of the molecule is CC1CCC(C(C)C)C(OCCOC2CC(C)CCC2C(C)C)C1. The second-order valence-electron chi connectivity index (χ2n) is 9.47. The molecule has 0 spiro atoms. The summed E-state index contributed by atoms with van der Waals surface area (Å²) in [7, 11) is 0. The molecular formula is C22H42O2. The van der Waals surface area contributed by atoms with E-state index >= 15 is 0 Å². The Bertz CT molecular complexity index is 318. The third-order valence-corrected chi connectivity index (χ3v) is 6.67. The Kier molecular flexibility index (Phi) is 8.07. The van der Waals surface area contributed by atoms with E-state index in [1.807, 2.05) is 0 Å². The molecule has 2 aliphatic carbocycles. The summed E-state index contributed by atoms with van der Waals surface area (Å²) in [5, 5.41) is 0. The number of rotatable bonds is 7. The maximum absolute atomic E-state index is 6.32. The molecule has 2 fully saturated rings. The van der Waals surface area contributed by atoms with Gasteiger partial charge in [-0.05, 0) is 61.2 Å². The molecule has 0 aromatic rings. The molecule has 2 aliphatic rings. The van der Waals surface area contributed by atoms with Gasteiger partial charge in [0.25, 0.3) is 0 Å². The van der Waals surface area contributed by atoms with Crippen molar-refractivity contribution in [2.24, 2.45) is 35.5 Å². The van der Waals surface area contributed by atoms with Crippen molar-refractivity contribution in [2.75, 3.05) is 13.2 Å². The lowest BCUT2D eigenvalue weighted by Crippen LogP contribution is -2.37. The summed E-state index contributed by atoms with van der Waals surface area (Å²) in [6, 6.07) is 0. The molecule has 0 bridgehead atoms. The summed E-state index contributed by atoms with van der Waals surface area (Å²) in [6.07, 6.45) is 8.77. The second kappa shape index (κ2) is 9.57. The van der Waals surface area contributed by atoms with Crippen LogP contribution in [0.5, 0.6) is 0 Å². The van der Waals surface area contributed by atoms with Crippen molar-refractivity contribution < 1.29 is 9.47 Å². The van der Waals surface area contributed by atoms with Crippen LogP contribution in [0.25, 0.3) is 0 Å². The lowest BCUT2D eigenvalue weighted by atomic mass is 9.75. The summed E-state index contributed by atoms with van der Waals surface area (Å²) >= 11 is 0. The van der Waals surface area contributed by atoms with Gasteiger partial charge >= 0.3 is 0 Å². The zero-order valence-corrected chi connectivity index (χ0v) is 17.1. The molecule has 0 saturated heterocycles. The molecule has 2 heteroatoms. The lowest BCUT2D eigenvalue weighted by Gasteiger charge is -2.38. The topological polar surface area (TPSA) is 18.5 Å². The van der Waals surface area contributed by atoms with Gasteiger partial charge in [-0.25, -0.2) is 0 Å². The normalized spacial score (nSPS) is 38.0. The molecule has 0 aromatic heterocycles. The van der Waals surface area contributed by atoms with Gasteiger partial charge in [0.1, 0.15) is 0 Å². The van der Waals surface area contributed by atoms with Gasteiger partial charge in [-0.1, -0.05) is 54.4 Å². The van der Waals surface area contributed by atoms with E-state index in [2.05, 4.69) is 41.5 Å². The fraction of sp³-hybridized carbons (Fsp3) is 1.00. The first-order chi connectivity index (χ1) is 11.4. The Balaban J connectivity index is 1.76. The third-order valence-electron chi connectivity index (χ3n) is 6.67. The molecule has 6 unspecified atom stereocenters. The van der Waals surface area contributed by atoms with Crippen LogP contribution in [0.2, 0.25) is 0 Å². The molecule has 0 aromatic carbocycles. The molecule has 0 N–H and O–H groups in total. The molecule has 142 valence electrons. The van der Waals surface area contributed by atoms with Crippen LogP contribution >= 0.6 is 0 Å². The Labute approximate surface area is 151 Å². The van der Waals surface area contributed by atoms with E-state index in [1.165, 1.54) is 38.5 Å². The van der Waals surface area contributed by atoms with Crippen LogP contribution in [-0.2, 0) is 9.47 Å². The predicted molar refractivity (Wildman–Crippen MR) is 102 cm³/mol. The van der Waals surface area contributed by atoms with E-state index in [4.69, 9.17) is 9.47 Å². The van der Waals surface area contributed by atoms with Crippen molar-refractivity contribution in [1.82, 2.24) is 0 Å². The summed E-state index contributed by atoms with van der Waals surface area (Å²) in [4.78, 5) is 0. The zero-order chi connectivity index (χ0) is 17.7. The largest absolute Gasteiger partial charge is 0.376 e. The molecule has 2 nitrogen and oxygen atoms in total. The van der Waals surface area contributed by atoms with E-state index in [-0.39, 0.29) is 0 Å². The summed E-state index contributed by atoms with van der Waals surface area (Å²) in [6.45, 7) is 15.7. The van der Waals surface area contributed by atoms with Gasteiger partial charge in [-0.2, -0.15) is 0 Å². The summed E-state index contributed by atoms with van der Waals surface area (Å²) < 4.78 is 12.6. The quantitative estimate of drug-likeness (QED) is 0.535. The standard InChI is InChI=1S/C22H42O2/c1-15(2)19-9-7-17(5)13-21(19)23-11-12-24-22-14-18(6)8-10-20(22)16(3)4/h15-22H,7-14H2,1-6H3. The highest BCUT2D eigenvalue weighted by molar-refractivity contribution is 4.82. The van der Waals surface area contributed by atoms with Crippen LogP contribution in [0, 0.1) is 35.5 Å². The Morgan fingerprint density at radius 1 is 0.667 bits per heavy atom. The minimum absolute atomic E-state index is 0.448. The molecule has 2 rings (SSSR count). The first-order valence-corrected chi connectivity index (χ1v) is 10.6. The minimum Gasteiger partial charge on any atom is -0.376 e. The van der Waals surface area contributed by atoms with E-state index in [0.717, 1.165) is 48.7 Å². The van der Waals surface area contributed by atoms with Crippen molar-refractivity contribution in [3.05, 3.63) is 0 Å². The van der Waals surface area contributed by atoms with Gasteiger partial charge in [-0.3, -0.25) is 0 Å². The van der Waals surface area contributed by atoms with Crippen molar-refractivity contribution in [3.63, 3.8) is 0 Å². The first-order valence-electron chi connectivity index (χ1n) is 10.6. The Morgan fingerprint density at radius 2 is 1.04 bits per heavy atom. The average Bonchev–Trinajstić information content (AvgIpc) is 2.51. The monoisotopic (exact) mass is 338 g/mol. The highest BCUT2D eigenvalue weighted by Crippen LogP contribution is 2.36. The maximum Gasteiger partial charge on any atom is 0.0704 e. The molecule has 0 radical (unpaired) electrons. The van der Waals surface area contributed by atoms with Crippen molar-refractivity contribution in [2.45, 2.75) is 92.3 Å². The first kappa shape index (κ1) is 20.2. The average molecular weight is 339 g/mol. The Hall–Kier alpha value is -0.0800. The van der Waals surface area contributed by atoms with Gasteiger partial charge in [0, 0.05) is 0 Å². The van der Waals surface area contributed by atoms with Crippen molar-refractivity contribution in [1.29, 1.82) is 0 Å². The van der Waals surface area contributed by atoms with Gasteiger partial charge in [0.2, 0.25) is 0 Å². The summed E-state index contributed by atoms with van der Waals surface area (Å²) in [5.74, 6) is 4.56. The number of hydrogen-bond acceptors (Lipinski definition) is 2. The summed E-state index contributed by atoms with van der Waals surface area (Å²) in [5.41, 5.74) is 0. The van der Waals surface area contributed by atoms with Gasteiger partial charge in [-0.15, -0.1) is 0 Å². The predicted octanol–water partition coefficient (Wildman–Crippen LogP) is 5.94. The lowest BCUT2D eigenvalue weighted by molar-refractivity contribution is -0.0908. The van der Waals surface area contributed by atoms with E-state index in [1.54, 1.807) is 0 Å². The fourth-order valence-corrected chi connectivity index (χ4v) is 5.01. The fourth-order valence-electron chi connectivity index (χ4n) is 5.01. The van der Waals surface area contributed by atoms with Crippen LogP contribution in [0.1, 0.15) is 80.1 Å². The van der Waals surface area contributed by atoms with Crippen molar-refractivity contribution >= 4 is 0 Å². The van der Waals surface area contributed by atoms with E-state index < -0.39 is 0 Å². The zero-order valence-electron chi connectivity index (χ0n) is 17.1. The van der Waals surface area contributed by atoms with Gasteiger partial charge < -0.3 is 9.47 Å². The van der Waals surface area contributed by atoms with Gasteiger partial charge in [0.05, 0.1) is 25.4 Å². The smallest absolute Gasteiger partial charge is 0.0704 e. The number of hydrogen-bond donors (Lipinski definition) is 0. The van der Waals surface area contributed by atoms with Crippen LogP contribution in [0.4, 0.5) is 0 Å². The van der Waals surface area contributed by atoms with Crippen LogP contribution < -0.4 is 0 Å². The molecule has 24 heavy (non-hydrogen) atoms. The molecule has 0 amide bonds. The maximum atomic E-state index is 6.32. The highest BCUT2D eigenvalue weighted by Gasteiger charge is 2.33. The number of ether oxygens (including phenoxy) is 2. The third kappa shape index (κ3) is 5.73. The Morgan fingerprint density at radius 3 is 1.38 bits per heavy atom. The van der Waals surface area contributed by atoms with Crippen LogP contribution in [0.15, 0.2) is 0 Å². The minimum atomic E-state index is 0.448. The molecule has 0 heterocycles. The molecule has 2 saturated carbocycles. The van der Waals surface area contributed by atoms with E-state index in [9.17, 15) is 0 Å². The molecule has 0 aliphatic heterocycles. The molecular weight excluding hydrogens is 296 g/mol. The van der Waals surface area contributed by atoms with Crippen molar-refractivity contribution in [3.8, 4) is 0 Å². The molecule has 6 atom stereocenters. The van der Waals surface area contributed by atoms with Crippen LogP contribution in [-0.4, -0.2) is 25.4 Å². The van der Waals surface area contributed by atoms with E-state index in [0.29, 0.717) is 12.2 Å². The highest BCUT2D eigenvalue weighted by atomic mass is 16.5.